The predicted molar refractivity (Wildman–Crippen MR) is 138 cm³/mol. The summed E-state index contributed by atoms with van der Waals surface area (Å²) in [4.78, 5) is 28.0. The summed E-state index contributed by atoms with van der Waals surface area (Å²) in [5.41, 5.74) is 1.35. The monoisotopic (exact) mass is 507 g/mol. The Bertz CT molecular complexity index is 1310. The van der Waals surface area contributed by atoms with Gasteiger partial charge in [-0.2, -0.15) is 0 Å². The molecule has 186 valence electrons. The lowest BCUT2D eigenvalue weighted by molar-refractivity contribution is -0.132. The summed E-state index contributed by atoms with van der Waals surface area (Å²) in [5.74, 6) is -0.214. The van der Waals surface area contributed by atoms with Crippen LogP contribution in [0.5, 0.6) is 17.2 Å². The number of rotatable bonds is 7. The summed E-state index contributed by atoms with van der Waals surface area (Å²) in [7, 11) is 3.02. The number of nitrogens with zero attached hydrogens (tertiary/aromatic N) is 1. The fourth-order valence-corrected chi connectivity index (χ4v) is 4.38. The van der Waals surface area contributed by atoms with Crippen molar-refractivity contribution >= 4 is 34.7 Å². The Hall–Kier alpha value is -3.97. The number of ketones is 1. The van der Waals surface area contributed by atoms with Crippen molar-refractivity contribution in [3.8, 4) is 17.2 Å². The molecule has 1 atom stereocenters. The molecule has 0 aromatic heterocycles. The number of Topliss-reactive ketones (excluding diaryl/α,β-unsaturated/α-hetero) is 1. The largest absolute Gasteiger partial charge is 0.507 e. The number of hydrogen-bond acceptors (Lipinski definition) is 6. The Morgan fingerprint density at radius 2 is 1.56 bits per heavy atom. The number of aliphatic hydroxyl groups is 1. The maximum absolute atomic E-state index is 13.3. The maximum Gasteiger partial charge on any atom is 0.300 e. The minimum Gasteiger partial charge on any atom is -0.507 e. The van der Waals surface area contributed by atoms with Crippen LogP contribution in [-0.2, 0) is 9.59 Å². The molecule has 0 saturated carbocycles. The molecule has 1 saturated heterocycles. The van der Waals surface area contributed by atoms with E-state index < -0.39 is 17.7 Å². The van der Waals surface area contributed by atoms with E-state index in [1.54, 1.807) is 67.8 Å². The molecule has 1 unspecified atom stereocenters. The summed E-state index contributed by atoms with van der Waals surface area (Å²) in [6, 6.07) is 17.7. The van der Waals surface area contributed by atoms with Gasteiger partial charge in [0.15, 0.2) is 0 Å². The molecule has 36 heavy (non-hydrogen) atoms. The van der Waals surface area contributed by atoms with Crippen LogP contribution in [0, 0.1) is 0 Å². The van der Waals surface area contributed by atoms with Gasteiger partial charge in [0.05, 0.1) is 37.0 Å². The molecule has 1 aliphatic heterocycles. The van der Waals surface area contributed by atoms with E-state index in [-0.39, 0.29) is 22.5 Å². The van der Waals surface area contributed by atoms with Crippen molar-refractivity contribution in [3.63, 3.8) is 0 Å². The van der Waals surface area contributed by atoms with Gasteiger partial charge >= 0.3 is 0 Å². The summed E-state index contributed by atoms with van der Waals surface area (Å²) < 4.78 is 16.2. The molecule has 7 nitrogen and oxygen atoms in total. The third-order valence-corrected chi connectivity index (χ3v) is 6.08. The number of methoxy groups -OCH3 is 2. The van der Waals surface area contributed by atoms with E-state index in [1.165, 1.54) is 18.1 Å². The topological polar surface area (TPSA) is 85.3 Å². The first-order chi connectivity index (χ1) is 17.2. The van der Waals surface area contributed by atoms with Crippen LogP contribution in [0.15, 0.2) is 72.3 Å². The fourth-order valence-electron chi connectivity index (χ4n) is 4.13. The highest BCUT2D eigenvalue weighted by Crippen LogP contribution is 2.43. The Kier molecular flexibility index (Phi) is 7.22. The van der Waals surface area contributed by atoms with Crippen molar-refractivity contribution in [2.75, 3.05) is 19.1 Å². The highest BCUT2D eigenvalue weighted by Gasteiger charge is 2.47. The predicted octanol–water partition coefficient (Wildman–Crippen LogP) is 5.77. The number of halogens is 1. The molecule has 0 bridgehead atoms. The summed E-state index contributed by atoms with van der Waals surface area (Å²) >= 11 is 6.26. The summed E-state index contributed by atoms with van der Waals surface area (Å²) in [5, 5.41) is 11.5. The minimum atomic E-state index is -0.882. The van der Waals surface area contributed by atoms with Crippen LogP contribution in [0.4, 0.5) is 5.69 Å². The second-order valence-corrected chi connectivity index (χ2v) is 8.86. The van der Waals surface area contributed by atoms with E-state index in [9.17, 15) is 14.7 Å². The van der Waals surface area contributed by atoms with Crippen molar-refractivity contribution < 1.29 is 28.9 Å². The fraction of sp³-hybridized carbons (Fsp3) is 0.214. The quantitative estimate of drug-likeness (QED) is 0.248. The van der Waals surface area contributed by atoms with Gasteiger partial charge in [-0.25, -0.2) is 0 Å². The number of hydrogen-bond donors (Lipinski definition) is 1. The molecular weight excluding hydrogens is 482 g/mol. The van der Waals surface area contributed by atoms with E-state index in [1.807, 2.05) is 13.8 Å². The molecule has 3 aromatic rings. The first kappa shape index (κ1) is 25.1. The zero-order chi connectivity index (χ0) is 26.0. The van der Waals surface area contributed by atoms with Crippen LogP contribution in [-0.4, -0.2) is 37.1 Å². The van der Waals surface area contributed by atoms with Gasteiger partial charge in [-0.15, -0.1) is 0 Å². The van der Waals surface area contributed by atoms with Gasteiger partial charge in [-0.05, 0) is 74.0 Å². The highest BCUT2D eigenvalue weighted by atomic mass is 35.5. The number of ether oxygens (including phenoxy) is 3. The minimum absolute atomic E-state index is 0.0133. The second-order valence-electron chi connectivity index (χ2n) is 8.45. The Labute approximate surface area is 214 Å². The van der Waals surface area contributed by atoms with Crippen molar-refractivity contribution in [2.24, 2.45) is 0 Å². The number of amides is 1. The summed E-state index contributed by atoms with van der Waals surface area (Å²) in [6.45, 7) is 3.85. The van der Waals surface area contributed by atoms with Crippen LogP contribution >= 0.6 is 11.6 Å². The number of carbonyl (C=O) groups is 2. The number of anilines is 1. The zero-order valence-corrected chi connectivity index (χ0v) is 21.1. The zero-order valence-electron chi connectivity index (χ0n) is 20.3. The maximum atomic E-state index is 13.3. The van der Waals surface area contributed by atoms with Gasteiger partial charge in [0.1, 0.15) is 23.0 Å². The third-order valence-electron chi connectivity index (χ3n) is 5.79. The molecule has 0 aliphatic carbocycles. The Balaban J connectivity index is 1.88. The van der Waals surface area contributed by atoms with Crippen LogP contribution in [0.1, 0.15) is 31.0 Å². The van der Waals surface area contributed by atoms with E-state index in [4.69, 9.17) is 25.8 Å². The van der Waals surface area contributed by atoms with Gasteiger partial charge in [0, 0.05) is 11.3 Å². The van der Waals surface area contributed by atoms with Gasteiger partial charge < -0.3 is 19.3 Å². The Morgan fingerprint density at radius 1 is 0.917 bits per heavy atom. The molecule has 1 fully saturated rings. The SMILES string of the molecule is COc1ccc(N2C(=O)C(=O)/C(=C(\O)c3ccc(OC)c(Cl)c3)C2c2ccc(OC(C)C)cc2)cc1. The lowest BCUT2D eigenvalue weighted by atomic mass is 9.95. The molecule has 3 aromatic carbocycles. The van der Waals surface area contributed by atoms with Crippen molar-refractivity contribution in [2.45, 2.75) is 26.0 Å². The standard InChI is InChI=1S/C28H26ClNO6/c1-16(2)36-21-10-5-17(6-11-21)25-24(26(31)18-7-14-23(35-4)22(29)15-18)27(32)28(33)30(25)19-8-12-20(34-3)13-9-19/h5-16,25,31H,1-4H3/b26-24-. The average Bonchev–Trinajstić information content (AvgIpc) is 3.14. The van der Waals surface area contributed by atoms with E-state index in [2.05, 4.69) is 0 Å². The molecule has 0 radical (unpaired) electrons. The van der Waals surface area contributed by atoms with Gasteiger partial charge in [0.2, 0.25) is 0 Å². The normalized spacial score (nSPS) is 16.9. The first-order valence-electron chi connectivity index (χ1n) is 11.3. The lowest BCUT2D eigenvalue weighted by Crippen LogP contribution is -2.29. The molecule has 4 rings (SSSR count). The average molecular weight is 508 g/mol. The third kappa shape index (κ3) is 4.75. The van der Waals surface area contributed by atoms with Gasteiger partial charge in [-0.3, -0.25) is 14.5 Å². The van der Waals surface area contributed by atoms with Gasteiger partial charge in [0.25, 0.3) is 11.7 Å². The van der Waals surface area contributed by atoms with E-state index in [0.29, 0.717) is 34.1 Å². The van der Waals surface area contributed by atoms with E-state index >= 15 is 0 Å². The van der Waals surface area contributed by atoms with E-state index in [0.717, 1.165) is 0 Å². The molecule has 8 heteroatoms. The summed E-state index contributed by atoms with van der Waals surface area (Å²) in [6.07, 6.45) is -0.0133. The molecule has 0 spiro atoms. The molecule has 1 amide bonds. The van der Waals surface area contributed by atoms with Crippen molar-refractivity contribution in [3.05, 3.63) is 88.5 Å². The molecule has 1 aliphatic rings. The van der Waals surface area contributed by atoms with Crippen LogP contribution in [0.2, 0.25) is 5.02 Å². The molecular formula is C28H26ClNO6. The van der Waals surface area contributed by atoms with Crippen LogP contribution in [0.3, 0.4) is 0 Å². The Morgan fingerprint density at radius 3 is 2.11 bits per heavy atom. The first-order valence-corrected chi connectivity index (χ1v) is 11.7. The van der Waals surface area contributed by atoms with Crippen molar-refractivity contribution in [1.29, 1.82) is 0 Å². The molecule has 1 heterocycles. The van der Waals surface area contributed by atoms with Crippen LogP contribution < -0.4 is 19.1 Å². The number of aliphatic hydroxyl groups excluding tert-OH is 1. The van der Waals surface area contributed by atoms with Crippen LogP contribution in [0.25, 0.3) is 5.76 Å². The number of carbonyl (C=O) groups excluding carboxylic acids is 2. The molecule has 1 N–H and O–H groups in total. The lowest BCUT2D eigenvalue weighted by Gasteiger charge is -2.26. The van der Waals surface area contributed by atoms with Crippen molar-refractivity contribution in [1.82, 2.24) is 0 Å². The highest BCUT2D eigenvalue weighted by molar-refractivity contribution is 6.51. The second kappa shape index (κ2) is 10.3. The smallest absolute Gasteiger partial charge is 0.300 e. The van der Waals surface area contributed by atoms with Gasteiger partial charge in [-0.1, -0.05) is 23.7 Å². The number of benzene rings is 3.